The van der Waals surface area contributed by atoms with Crippen LogP contribution in [0, 0.1) is 5.82 Å². The van der Waals surface area contributed by atoms with Crippen LogP contribution in [0.3, 0.4) is 0 Å². The lowest BCUT2D eigenvalue weighted by atomic mass is 10.0. The molecule has 1 rings (SSSR count). The Hall–Kier alpha value is -0.680. The molecule has 0 saturated carbocycles. The van der Waals surface area contributed by atoms with Crippen LogP contribution in [0.15, 0.2) is 18.2 Å². The Labute approximate surface area is 112 Å². The molecular weight excluding hydrogens is 257 g/mol. The number of halogens is 2. The first kappa shape index (κ1) is 15.4. The maximum Gasteiger partial charge on any atom is 0.129 e. The van der Waals surface area contributed by atoms with E-state index in [1.807, 2.05) is 0 Å². The lowest BCUT2D eigenvalue weighted by molar-refractivity contribution is 0.0247. The summed E-state index contributed by atoms with van der Waals surface area (Å²) in [5.41, 5.74) is -0.333. The van der Waals surface area contributed by atoms with Crippen LogP contribution in [-0.4, -0.2) is 31.0 Å². The van der Waals surface area contributed by atoms with Gasteiger partial charge in [-0.3, -0.25) is 0 Å². The molecule has 5 heteroatoms. The zero-order valence-corrected chi connectivity index (χ0v) is 11.4. The molecule has 18 heavy (non-hydrogen) atoms. The van der Waals surface area contributed by atoms with Crippen molar-refractivity contribution in [3.63, 3.8) is 0 Å². The molecule has 0 aliphatic heterocycles. The van der Waals surface area contributed by atoms with E-state index >= 15 is 0 Å². The largest absolute Gasteiger partial charge is 0.389 e. The molecule has 0 aliphatic carbocycles. The van der Waals surface area contributed by atoms with Gasteiger partial charge in [0.25, 0.3) is 0 Å². The van der Waals surface area contributed by atoms with Gasteiger partial charge >= 0.3 is 0 Å². The molecule has 0 radical (unpaired) electrons. The third-order valence-corrected chi connectivity index (χ3v) is 2.92. The summed E-state index contributed by atoms with van der Waals surface area (Å²) < 4.78 is 18.4. The second-order valence-corrected chi connectivity index (χ2v) is 5.02. The second-order valence-electron chi connectivity index (χ2n) is 4.58. The van der Waals surface area contributed by atoms with Crippen LogP contribution in [-0.2, 0) is 11.3 Å². The number of aliphatic hydroxyl groups is 1. The molecule has 0 fully saturated rings. The Morgan fingerprint density at radius 1 is 1.50 bits per heavy atom. The van der Waals surface area contributed by atoms with Crippen LogP contribution in [0.1, 0.15) is 18.9 Å². The molecule has 3 nitrogen and oxygen atoms in total. The normalized spacial score (nSPS) is 14.5. The lowest BCUT2D eigenvalue weighted by Gasteiger charge is -2.23. The van der Waals surface area contributed by atoms with Crippen molar-refractivity contribution in [2.75, 3.05) is 20.3 Å². The van der Waals surface area contributed by atoms with Crippen LogP contribution in [0.4, 0.5) is 4.39 Å². The van der Waals surface area contributed by atoms with Gasteiger partial charge in [-0.25, -0.2) is 4.39 Å². The number of ether oxygens (including phenoxy) is 1. The van der Waals surface area contributed by atoms with Crippen molar-refractivity contribution in [3.8, 4) is 0 Å². The quantitative estimate of drug-likeness (QED) is 0.803. The average Bonchev–Trinajstić information content (AvgIpc) is 2.29. The lowest BCUT2D eigenvalue weighted by Crippen LogP contribution is -2.38. The highest BCUT2D eigenvalue weighted by Crippen LogP contribution is 2.15. The predicted molar refractivity (Wildman–Crippen MR) is 70.2 cm³/mol. The first-order chi connectivity index (χ1) is 8.44. The highest BCUT2D eigenvalue weighted by Gasteiger charge is 2.19. The highest BCUT2D eigenvalue weighted by molar-refractivity contribution is 6.30. The molecular formula is C13H19ClFNO2. The summed E-state index contributed by atoms with van der Waals surface area (Å²) in [6.45, 7) is 2.94. The SMILES string of the molecule is COCCC(C)(O)CNCc1ccc(Cl)cc1F. The van der Waals surface area contributed by atoms with Gasteiger partial charge in [-0.1, -0.05) is 17.7 Å². The van der Waals surface area contributed by atoms with Crippen molar-refractivity contribution in [1.29, 1.82) is 0 Å². The smallest absolute Gasteiger partial charge is 0.129 e. The summed E-state index contributed by atoms with van der Waals surface area (Å²) in [6.07, 6.45) is 0.527. The van der Waals surface area contributed by atoms with Crippen LogP contribution < -0.4 is 5.32 Å². The number of hydrogen-bond acceptors (Lipinski definition) is 3. The molecule has 0 amide bonds. The molecule has 1 aromatic rings. The Kier molecular flexibility index (Phi) is 6.02. The summed E-state index contributed by atoms with van der Waals surface area (Å²) in [7, 11) is 1.59. The number of hydrogen-bond donors (Lipinski definition) is 2. The maximum atomic E-state index is 13.5. The number of methoxy groups -OCH3 is 1. The number of benzene rings is 1. The van der Waals surface area contributed by atoms with Crippen LogP contribution in [0.5, 0.6) is 0 Å². The van der Waals surface area contributed by atoms with Crippen molar-refractivity contribution >= 4 is 11.6 Å². The van der Waals surface area contributed by atoms with Crippen LogP contribution >= 0.6 is 11.6 Å². The minimum Gasteiger partial charge on any atom is -0.389 e. The van der Waals surface area contributed by atoms with E-state index in [1.165, 1.54) is 6.07 Å². The molecule has 2 N–H and O–H groups in total. The van der Waals surface area contributed by atoms with E-state index in [-0.39, 0.29) is 5.82 Å². The Morgan fingerprint density at radius 3 is 2.83 bits per heavy atom. The van der Waals surface area contributed by atoms with Crippen molar-refractivity contribution in [2.24, 2.45) is 0 Å². The van der Waals surface area contributed by atoms with Crippen LogP contribution in [0.2, 0.25) is 5.02 Å². The molecule has 1 aromatic carbocycles. The highest BCUT2D eigenvalue weighted by atomic mass is 35.5. The van der Waals surface area contributed by atoms with Gasteiger partial charge in [0, 0.05) is 43.8 Å². The summed E-state index contributed by atoms with van der Waals surface area (Å²) in [5, 5.41) is 13.4. The number of nitrogens with one attached hydrogen (secondary N) is 1. The monoisotopic (exact) mass is 275 g/mol. The van der Waals surface area contributed by atoms with Crippen molar-refractivity contribution < 1.29 is 14.2 Å². The van der Waals surface area contributed by atoms with E-state index in [4.69, 9.17) is 16.3 Å². The van der Waals surface area contributed by atoms with Gasteiger partial charge in [0.2, 0.25) is 0 Å². The molecule has 0 aliphatic rings. The van der Waals surface area contributed by atoms with Crippen molar-refractivity contribution in [2.45, 2.75) is 25.5 Å². The Bertz CT molecular complexity index is 385. The van der Waals surface area contributed by atoms with Crippen molar-refractivity contribution in [1.82, 2.24) is 5.32 Å². The van der Waals surface area contributed by atoms with Gasteiger partial charge in [-0.2, -0.15) is 0 Å². The predicted octanol–water partition coefficient (Wildman–Crippen LogP) is 2.36. The van der Waals surface area contributed by atoms with E-state index in [0.717, 1.165) is 0 Å². The summed E-state index contributed by atoms with van der Waals surface area (Å²) in [6, 6.07) is 4.56. The molecule has 0 heterocycles. The van der Waals surface area contributed by atoms with Gasteiger partial charge in [0.15, 0.2) is 0 Å². The second kappa shape index (κ2) is 7.04. The van der Waals surface area contributed by atoms with Gasteiger partial charge in [0.05, 0.1) is 5.60 Å². The fraction of sp³-hybridized carbons (Fsp3) is 0.538. The topological polar surface area (TPSA) is 41.5 Å². The fourth-order valence-electron chi connectivity index (χ4n) is 1.54. The zero-order chi connectivity index (χ0) is 13.6. The summed E-state index contributed by atoms with van der Waals surface area (Å²) in [4.78, 5) is 0. The molecule has 1 atom stereocenters. The standard InChI is InChI=1S/C13H19ClFNO2/c1-13(17,5-6-18-2)9-16-8-10-3-4-11(14)7-12(10)15/h3-4,7,16-17H,5-6,8-9H2,1-2H3. The third kappa shape index (κ3) is 5.31. The summed E-state index contributed by atoms with van der Waals surface area (Å²) in [5.74, 6) is -0.341. The van der Waals surface area contributed by atoms with Crippen molar-refractivity contribution in [3.05, 3.63) is 34.6 Å². The Balaban J connectivity index is 2.41. The van der Waals surface area contributed by atoms with E-state index in [9.17, 15) is 9.50 Å². The molecule has 0 saturated heterocycles. The zero-order valence-electron chi connectivity index (χ0n) is 10.7. The van der Waals surface area contributed by atoms with Gasteiger partial charge in [-0.05, 0) is 19.1 Å². The van der Waals surface area contributed by atoms with Gasteiger partial charge < -0.3 is 15.2 Å². The maximum absolute atomic E-state index is 13.5. The Morgan fingerprint density at radius 2 is 2.22 bits per heavy atom. The third-order valence-electron chi connectivity index (χ3n) is 2.68. The van der Waals surface area contributed by atoms with Crippen LogP contribution in [0.25, 0.3) is 0 Å². The first-order valence-electron chi connectivity index (χ1n) is 5.80. The first-order valence-corrected chi connectivity index (χ1v) is 6.18. The van der Waals surface area contributed by atoms with E-state index in [1.54, 1.807) is 26.2 Å². The molecule has 0 aromatic heterocycles. The minimum absolute atomic E-state index is 0.341. The van der Waals surface area contributed by atoms with Gasteiger partial charge in [-0.15, -0.1) is 0 Å². The number of rotatable bonds is 7. The molecule has 0 bridgehead atoms. The minimum atomic E-state index is -0.862. The van der Waals surface area contributed by atoms with Gasteiger partial charge in [0.1, 0.15) is 5.82 Å². The molecule has 1 unspecified atom stereocenters. The average molecular weight is 276 g/mol. The van der Waals surface area contributed by atoms with E-state index in [0.29, 0.717) is 36.7 Å². The molecule has 0 spiro atoms. The van der Waals surface area contributed by atoms with E-state index in [2.05, 4.69) is 5.32 Å². The summed E-state index contributed by atoms with van der Waals surface area (Å²) >= 11 is 5.67. The fourth-order valence-corrected chi connectivity index (χ4v) is 1.70. The molecule has 102 valence electrons. The van der Waals surface area contributed by atoms with E-state index < -0.39 is 5.60 Å².